The topological polar surface area (TPSA) is 46.5 Å². The Morgan fingerprint density at radius 2 is 2.12 bits per heavy atom. The molecule has 2 atom stereocenters. The summed E-state index contributed by atoms with van der Waals surface area (Å²) in [7, 11) is -2.62. The smallest absolute Gasteiger partial charge is 0.225 e. The van der Waals surface area contributed by atoms with Gasteiger partial charge in [0, 0.05) is 6.16 Å². The Kier molecular flexibility index (Phi) is 3.82. The normalized spacial score (nSPS) is 25.6. The van der Waals surface area contributed by atoms with Gasteiger partial charge in [-0.05, 0) is 24.7 Å². The Balaban J connectivity index is 1.93. The second-order valence-corrected chi connectivity index (χ2v) is 6.81. The van der Waals surface area contributed by atoms with E-state index in [1.807, 2.05) is 37.3 Å². The van der Waals surface area contributed by atoms with Gasteiger partial charge in [-0.25, -0.2) is 0 Å². The molecule has 1 heterocycles. The Hall–Kier alpha value is -0.890. The largest absolute Gasteiger partial charge is 0.386 e. The summed E-state index contributed by atoms with van der Waals surface area (Å²) >= 11 is 0. The zero-order valence-corrected chi connectivity index (χ0v) is 10.8. The summed E-state index contributed by atoms with van der Waals surface area (Å²) in [5.74, 6) is 1.73. The van der Waals surface area contributed by atoms with Crippen LogP contribution in [0.15, 0.2) is 41.7 Å². The third-order valence-electron chi connectivity index (χ3n) is 2.87. The second kappa shape index (κ2) is 5.18. The lowest BCUT2D eigenvalue weighted by atomic mass is 10.1. The number of rotatable bonds is 4. The highest BCUT2D eigenvalue weighted by Gasteiger charge is 2.26. The lowest BCUT2D eigenvalue weighted by molar-refractivity contribution is 0.111. The van der Waals surface area contributed by atoms with Crippen molar-refractivity contribution in [1.82, 2.24) is 0 Å². The SMILES string of the molecule is CC1=CP(=O)(OCC(O)c2ccccc2)CC1. The molecule has 92 valence electrons. The Morgan fingerprint density at radius 1 is 1.41 bits per heavy atom. The van der Waals surface area contributed by atoms with E-state index in [2.05, 4.69) is 0 Å². The Morgan fingerprint density at radius 3 is 2.71 bits per heavy atom. The van der Waals surface area contributed by atoms with Crippen molar-refractivity contribution in [3.8, 4) is 0 Å². The number of benzene rings is 1. The van der Waals surface area contributed by atoms with Gasteiger partial charge in [-0.1, -0.05) is 35.9 Å². The van der Waals surface area contributed by atoms with Crippen molar-refractivity contribution in [3.63, 3.8) is 0 Å². The molecule has 2 rings (SSSR count). The molecule has 0 radical (unpaired) electrons. The summed E-state index contributed by atoms with van der Waals surface area (Å²) in [6, 6.07) is 9.28. The molecule has 1 aliphatic rings. The molecule has 1 aliphatic heterocycles. The molecule has 1 aromatic carbocycles. The fourth-order valence-corrected chi connectivity index (χ4v) is 4.06. The molecule has 2 unspecified atom stereocenters. The predicted molar refractivity (Wildman–Crippen MR) is 68.2 cm³/mol. The van der Waals surface area contributed by atoms with E-state index in [0.29, 0.717) is 6.16 Å². The Bertz CT molecular complexity index is 453. The van der Waals surface area contributed by atoms with Gasteiger partial charge in [-0.15, -0.1) is 0 Å². The molecule has 0 saturated carbocycles. The van der Waals surface area contributed by atoms with Gasteiger partial charge in [0.05, 0.1) is 6.61 Å². The molecule has 4 heteroatoms. The van der Waals surface area contributed by atoms with Crippen molar-refractivity contribution in [2.75, 3.05) is 12.8 Å². The fourth-order valence-electron chi connectivity index (χ4n) is 1.87. The number of aliphatic hydroxyl groups excluding tert-OH is 1. The van der Waals surface area contributed by atoms with Crippen LogP contribution in [0.2, 0.25) is 0 Å². The minimum absolute atomic E-state index is 0.0884. The van der Waals surface area contributed by atoms with Gasteiger partial charge in [0.2, 0.25) is 7.37 Å². The van der Waals surface area contributed by atoms with Gasteiger partial charge < -0.3 is 9.63 Å². The zero-order valence-electron chi connectivity index (χ0n) is 9.87. The van der Waals surface area contributed by atoms with Crippen LogP contribution in [0.4, 0.5) is 0 Å². The molecule has 1 N–H and O–H groups in total. The van der Waals surface area contributed by atoms with Crippen molar-refractivity contribution in [3.05, 3.63) is 47.3 Å². The lowest BCUT2D eigenvalue weighted by Crippen LogP contribution is -2.05. The van der Waals surface area contributed by atoms with Crippen LogP contribution in [0.1, 0.15) is 25.0 Å². The minimum Gasteiger partial charge on any atom is -0.386 e. The van der Waals surface area contributed by atoms with Crippen molar-refractivity contribution >= 4 is 7.37 Å². The molecule has 3 nitrogen and oxygen atoms in total. The molecule has 0 bridgehead atoms. The molecule has 0 amide bonds. The van der Waals surface area contributed by atoms with E-state index in [1.54, 1.807) is 5.82 Å². The predicted octanol–water partition coefficient (Wildman–Crippen LogP) is 3.32. The van der Waals surface area contributed by atoms with Crippen molar-refractivity contribution in [2.24, 2.45) is 0 Å². The first-order valence-electron chi connectivity index (χ1n) is 5.74. The van der Waals surface area contributed by atoms with Gasteiger partial charge in [0.25, 0.3) is 0 Å². The maximum atomic E-state index is 12.1. The molecular weight excluding hydrogens is 235 g/mol. The van der Waals surface area contributed by atoms with Crippen LogP contribution in [-0.4, -0.2) is 17.9 Å². The summed E-state index contributed by atoms with van der Waals surface area (Å²) in [5.41, 5.74) is 1.90. The van der Waals surface area contributed by atoms with Crippen LogP contribution in [0.5, 0.6) is 0 Å². The molecule has 0 aromatic heterocycles. The zero-order chi connectivity index (χ0) is 12.3. The van der Waals surface area contributed by atoms with E-state index in [0.717, 1.165) is 17.6 Å². The van der Waals surface area contributed by atoms with Crippen molar-refractivity contribution < 1.29 is 14.2 Å². The molecule has 1 aromatic rings. The highest BCUT2D eigenvalue weighted by Crippen LogP contribution is 2.55. The Labute approximate surface area is 102 Å². The van der Waals surface area contributed by atoms with Gasteiger partial charge in [-0.3, -0.25) is 4.57 Å². The average molecular weight is 252 g/mol. The maximum absolute atomic E-state index is 12.1. The molecule has 0 spiro atoms. The van der Waals surface area contributed by atoms with Crippen LogP contribution in [0.25, 0.3) is 0 Å². The van der Waals surface area contributed by atoms with Gasteiger partial charge in [0.15, 0.2) is 0 Å². The minimum atomic E-state index is -2.62. The van der Waals surface area contributed by atoms with Crippen LogP contribution in [0, 0.1) is 0 Å². The summed E-state index contributed by atoms with van der Waals surface area (Å²) in [6.07, 6.45) is 0.690. The number of hydrogen-bond acceptors (Lipinski definition) is 3. The summed E-state index contributed by atoms with van der Waals surface area (Å²) in [6.45, 7) is 2.04. The standard InChI is InChI=1S/C13H17O3P/c1-11-7-8-17(15,10-11)16-9-13(14)12-5-3-2-4-6-12/h2-6,10,13-14H,7-9H2,1H3. The molecule has 17 heavy (non-hydrogen) atoms. The number of aliphatic hydroxyl groups is 1. The van der Waals surface area contributed by atoms with Crippen LogP contribution in [-0.2, 0) is 9.09 Å². The lowest BCUT2D eigenvalue weighted by Gasteiger charge is -2.15. The first kappa shape index (κ1) is 12.6. The maximum Gasteiger partial charge on any atom is 0.225 e. The third-order valence-corrected chi connectivity index (χ3v) is 5.14. The summed E-state index contributed by atoms with van der Waals surface area (Å²) in [5, 5.41) is 9.89. The van der Waals surface area contributed by atoms with E-state index in [1.165, 1.54) is 0 Å². The molecule has 0 saturated heterocycles. The average Bonchev–Trinajstić information content (AvgIpc) is 2.68. The van der Waals surface area contributed by atoms with E-state index >= 15 is 0 Å². The highest BCUT2D eigenvalue weighted by molar-refractivity contribution is 7.62. The number of allylic oxidation sites excluding steroid dienone is 1. The molecule has 0 aliphatic carbocycles. The van der Waals surface area contributed by atoms with Crippen LogP contribution < -0.4 is 0 Å². The molecule has 0 fully saturated rings. The fraction of sp³-hybridized carbons (Fsp3) is 0.385. The van der Waals surface area contributed by atoms with E-state index < -0.39 is 13.5 Å². The van der Waals surface area contributed by atoms with Crippen molar-refractivity contribution in [2.45, 2.75) is 19.4 Å². The monoisotopic (exact) mass is 252 g/mol. The van der Waals surface area contributed by atoms with Crippen LogP contribution >= 0.6 is 7.37 Å². The number of hydrogen-bond donors (Lipinski definition) is 1. The summed E-state index contributed by atoms with van der Waals surface area (Å²) in [4.78, 5) is 0. The van der Waals surface area contributed by atoms with E-state index in [4.69, 9.17) is 4.52 Å². The summed E-state index contributed by atoms with van der Waals surface area (Å²) < 4.78 is 17.6. The first-order valence-corrected chi connectivity index (χ1v) is 7.62. The van der Waals surface area contributed by atoms with Gasteiger partial charge >= 0.3 is 0 Å². The third kappa shape index (κ3) is 3.29. The van der Waals surface area contributed by atoms with Crippen LogP contribution in [0.3, 0.4) is 0 Å². The van der Waals surface area contributed by atoms with E-state index in [9.17, 15) is 9.67 Å². The quantitative estimate of drug-likeness (QED) is 0.836. The molecular formula is C13H17O3P. The van der Waals surface area contributed by atoms with Gasteiger partial charge in [0.1, 0.15) is 6.10 Å². The van der Waals surface area contributed by atoms with E-state index in [-0.39, 0.29) is 6.61 Å². The highest BCUT2D eigenvalue weighted by atomic mass is 31.2. The van der Waals surface area contributed by atoms with Crippen molar-refractivity contribution in [1.29, 1.82) is 0 Å². The second-order valence-electron chi connectivity index (χ2n) is 4.40. The van der Waals surface area contributed by atoms with Gasteiger partial charge in [-0.2, -0.15) is 0 Å². The first-order chi connectivity index (χ1) is 8.09.